The van der Waals surface area contributed by atoms with Crippen molar-refractivity contribution >= 4 is 11.9 Å². The smallest absolute Gasteiger partial charge is 0.318 e. The summed E-state index contributed by atoms with van der Waals surface area (Å²) >= 11 is 0. The summed E-state index contributed by atoms with van der Waals surface area (Å²) in [5, 5.41) is 0. The maximum absolute atomic E-state index is 12.7. The summed E-state index contributed by atoms with van der Waals surface area (Å²) in [4.78, 5) is 27.1. The van der Waals surface area contributed by atoms with Crippen molar-refractivity contribution in [1.29, 1.82) is 0 Å². The minimum atomic E-state index is -0.670. The average Bonchev–Trinajstić information content (AvgIpc) is 2.66. The van der Waals surface area contributed by atoms with Gasteiger partial charge < -0.3 is 9.64 Å². The molecule has 1 atom stereocenters. The molecule has 0 aromatic heterocycles. The lowest BCUT2D eigenvalue weighted by molar-refractivity contribution is -0.157. The fourth-order valence-corrected chi connectivity index (χ4v) is 3.75. The number of carbonyl (C=O) groups excluding carboxylic acids is 2. The van der Waals surface area contributed by atoms with Crippen molar-refractivity contribution < 1.29 is 14.3 Å². The van der Waals surface area contributed by atoms with Gasteiger partial charge in [0.2, 0.25) is 0 Å². The summed E-state index contributed by atoms with van der Waals surface area (Å²) < 4.78 is 5.35. The van der Waals surface area contributed by atoms with Crippen LogP contribution < -0.4 is 0 Å². The first-order chi connectivity index (χ1) is 12.2. The van der Waals surface area contributed by atoms with Gasteiger partial charge in [0.1, 0.15) is 5.41 Å². The quantitative estimate of drug-likeness (QED) is 0.615. The maximum atomic E-state index is 12.7. The van der Waals surface area contributed by atoms with Gasteiger partial charge in [-0.1, -0.05) is 30.2 Å². The molecule has 1 amide bonds. The Morgan fingerprint density at radius 3 is 2.72 bits per heavy atom. The monoisotopic (exact) mass is 337 g/mol. The van der Waals surface area contributed by atoms with E-state index in [9.17, 15) is 9.59 Å². The van der Waals surface area contributed by atoms with Gasteiger partial charge in [0.25, 0.3) is 0 Å². The number of amides is 1. The van der Waals surface area contributed by atoms with E-state index in [-0.39, 0.29) is 11.9 Å². The third kappa shape index (κ3) is 3.46. The Bertz CT molecular complexity index is 741. The second-order valence-electron chi connectivity index (χ2n) is 6.46. The van der Waals surface area contributed by atoms with Crippen LogP contribution in [0.25, 0.3) is 0 Å². The van der Waals surface area contributed by atoms with E-state index in [1.165, 1.54) is 0 Å². The Morgan fingerprint density at radius 1 is 1.20 bits per heavy atom. The van der Waals surface area contributed by atoms with Gasteiger partial charge in [-0.15, -0.1) is 0 Å². The Morgan fingerprint density at radius 2 is 1.96 bits per heavy atom. The van der Waals surface area contributed by atoms with Gasteiger partial charge in [-0.05, 0) is 51.2 Å². The molecule has 130 valence electrons. The number of likely N-dealkylation sites (tertiary alicyclic amines) is 1. The zero-order valence-corrected chi connectivity index (χ0v) is 14.6. The molecule has 3 rings (SSSR count). The lowest BCUT2D eigenvalue weighted by atomic mass is 9.70. The van der Waals surface area contributed by atoms with Crippen LogP contribution in [0.2, 0.25) is 0 Å². The fourth-order valence-electron chi connectivity index (χ4n) is 3.75. The van der Waals surface area contributed by atoms with Crippen LogP contribution in [-0.4, -0.2) is 29.9 Å². The molecule has 0 radical (unpaired) electrons. The van der Waals surface area contributed by atoms with E-state index in [1.54, 1.807) is 4.90 Å². The number of benzene rings is 1. The summed E-state index contributed by atoms with van der Waals surface area (Å²) in [6.45, 7) is 2.78. The SMILES string of the molecule is CCOC(=O)C12CCCC=C1N(C(=O)C#Cc1ccccc1)CCC2. The van der Waals surface area contributed by atoms with Crippen molar-refractivity contribution in [1.82, 2.24) is 4.90 Å². The van der Waals surface area contributed by atoms with Gasteiger partial charge in [0.05, 0.1) is 6.61 Å². The molecule has 1 aliphatic heterocycles. The largest absolute Gasteiger partial charge is 0.465 e. The third-order valence-electron chi connectivity index (χ3n) is 4.91. The highest BCUT2D eigenvalue weighted by Gasteiger charge is 2.49. The molecular weight excluding hydrogens is 314 g/mol. The van der Waals surface area contributed by atoms with Crippen molar-refractivity contribution in [2.75, 3.05) is 13.2 Å². The molecule has 1 aromatic carbocycles. The summed E-state index contributed by atoms with van der Waals surface area (Å²) in [5.41, 5.74) is 0.939. The number of allylic oxidation sites excluding steroid dienone is 1. The molecule has 25 heavy (non-hydrogen) atoms. The first-order valence-electron chi connectivity index (χ1n) is 8.94. The van der Waals surface area contributed by atoms with Gasteiger partial charge in [0.15, 0.2) is 0 Å². The summed E-state index contributed by atoms with van der Waals surface area (Å²) in [6.07, 6.45) is 6.13. The highest BCUT2D eigenvalue weighted by atomic mass is 16.5. The number of rotatable bonds is 2. The molecule has 0 bridgehead atoms. The molecule has 0 saturated carbocycles. The molecule has 1 fully saturated rings. The number of hydrogen-bond donors (Lipinski definition) is 0. The number of ether oxygens (including phenoxy) is 1. The minimum Gasteiger partial charge on any atom is -0.465 e. The van der Waals surface area contributed by atoms with Gasteiger partial charge in [-0.25, -0.2) is 0 Å². The van der Waals surface area contributed by atoms with Crippen LogP contribution in [0.3, 0.4) is 0 Å². The van der Waals surface area contributed by atoms with Crippen molar-refractivity contribution in [3.8, 4) is 11.8 Å². The zero-order chi connectivity index (χ0) is 17.7. The normalized spacial score (nSPS) is 22.1. The standard InChI is InChI=1S/C21H23NO3/c1-2-25-20(24)21-14-7-6-11-18(21)22(16-8-15-21)19(23)13-12-17-9-4-3-5-10-17/h3-5,9-11H,2,6-8,14-16H2,1H3. The predicted molar refractivity (Wildman–Crippen MR) is 95.3 cm³/mol. The average molecular weight is 337 g/mol. The molecule has 4 heteroatoms. The Kier molecular flexibility index (Phi) is 5.23. The predicted octanol–water partition coefficient (Wildman–Crippen LogP) is 3.28. The zero-order valence-electron chi connectivity index (χ0n) is 14.6. The van der Waals surface area contributed by atoms with Crippen molar-refractivity contribution in [3.63, 3.8) is 0 Å². The fraction of sp³-hybridized carbons (Fsp3) is 0.429. The Hall–Kier alpha value is -2.54. The molecule has 0 N–H and O–H groups in total. The van der Waals surface area contributed by atoms with E-state index in [0.717, 1.165) is 43.4 Å². The number of fused-ring (bicyclic) bond motifs is 1. The van der Waals surface area contributed by atoms with E-state index in [1.807, 2.05) is 43.3 Å². The summed E-state index contributed by atoms with van der Waals surface area (Å²) in [5.74, 6) is 5.21. The molecule has 1 saturated heterocycles. The molecule has 1 unspecified atom stereocenters. The molecule has 1 aromatic rings. The first-order valence-corrected chi connectivity index (χ1v) is 8.94. The van der Waals surface area contributed by atoms with Crippen LogP contribution in [0.15, 0.2) is 42.1 Å². The Balaban J connectivity index is 1.87. The molecule has 4 nitrogen and oxygen atoms in total. The van der Waals surface area contributed by atoms with Crippen molar-refractivity contribution in [2.45, 2.75) is 39.0 Å². The number of esters is 1. The van der Waals surface area contributed by atoms with Gasteiger partial charge in [-0.3, -0.25) is 9.59 Å². The summed E-state index contributed by atoms with van der Waals surface area (Å²) in [7, 11) is 0. The minimum absolute atomic E-state index is 0.200. The third-order valence-corrected chi connectivity index (χ3v) is 4.91. The number of piperidine rings is 1. The van der Waals surface area contributed by atoms with Crippen LogP contribution in [0, 0.1) is 17.3 Å². The molecular formula is C21H23NO3. The van der Waals surface area contributed by atoms with E-state index in [4.69, 9.17) is 4.74 Å². The molecule has 2 aliphatic rings. The molecule has 1 aliphatic carbocycles. The lowest BCUT2D eigenvalue weighted by Gasteiger charge is -2.44. The molecule has 0 spiro atoms. The topological polar surface area (TPSA) is 46.6 Å². The van der Waals surface area contributed by atoms with Crippen LogP contribution in [0.1, 0.15) is 44.6 Å². The number of carbonyl (C=O) groups is 2. The van der Waals surface area contributed by atoms with E-state index >= 15 is 0 Å². The van der Waals surface area contributed by atoms with E-state index in [0.29, 0.717) is 13.2 Å². The summed E-state index contributed by atoms with van der Waals surface area (Å²) in [6, 6.07) is 9.45. The highest BCUT2D eigenvalue weighted by molar-refractivity contribution is 5.96. The van der Waals surface area contributed by atoms with Gasteiger partial charge in [-0.2, -0.15) is 0 Å². The number of hydrogen-bond acceptors (Lipinski definition) is 3. The second kappa shape index (κ2) is 7.57. The van der Waals surface area contributed by atoms with E-state index in [2.05, 4.69) is 11.8 Å². The number of nitrogens with zero attached hydrogens (tertiary/aromatic N) is 1. The first kappa shape index (κ1) is 17.3. The lowest BCUT2D eigenvalue weighted by Crippen LogP contribution is -2.49. The van der Waals surface area contributed by atoms with E-state index < -0.39 is 5.41 Å². The van der Waals surface area contributed by atoms with Crippen LogP contribution >= 0.6 is 0 Å². The highest BCUT2D eigenvalue weighted by Crippen LogP contribution is 2.47. The molecule has 1 heterocycles. The van der Waals surface area contributed by atoms with Crippen LogP contribution in [0.4, 0.5) is 0 Å². The van der Waals surface area contributed by atoms with Crippen molar-refractivity contribution in [2.24, 2.45) is 5.41 Å². The van der Waals surface area contributed by atoms with Gasteiger partial charge >= 0.3 is 11.9 Å². The maximum Gasteiger partial charge on any atom is 0.318 e. The second-order valence-corrected chi connectivity index (χ2v) is 6.46. The van der Waals surface area contributed by atoms with Crippen LogP contribution in [-0.2, 0) is 14.3 Å². The van der Waals surface area contributed by atoms with Crippen LogP contribution in [0.5, 0.6) is 0 Å². The van der Waals surface area contributed by atoms with Gasteiger partial charge in [0, 0.05) is 23.7 Å². The Labute approximate surface area is 148 Å². The van der Waals surface area contributed by atoms with Crippen molar-refractivity contribution in [3.05, 3.63) is 47.7 Å².